The molecule has 0 unspecified atom stereocenters. The van der Waals surface area contributed by atoms with Gasteiger partial charge in [-0.2, -0.15) is 5.10 Å². The predicted octanol–water partition coefficient (Wildman–Crippen LogP) is -0.202. The molecule has 0 aliphatic rings. The zero-order chi connectivity index (χ0) is 6.69. The van der Waals surface area contributed by atoms with Gasteiger partial charge in [0.2, 0.25) is 0 Å². The smallest absolute Gasteiger partial charge is 0.137 e. The summed E-state index contributed by atoms with van der Waals surface area (Å²) in [5.74, 6) is 0. The first-order valence-electron chi connectivity index (χ1n) is 2.88. The third-order valence-corrected chi connectivity index (χ3v) is 1.23. The Morgan fingerprint density at radius 3 is 3.00 bits per heavy atom. The van der Waals surface area contributed by atoms with E-state index in [9.17, 15) is 0 Å². The molecule has 1 heterocycles. The topological polar surface area (TPSA) is 56.7 Å². The fourth-order valence-corrected chi connectivity index (χ4v) is 0.553. The van der Waals surface area contributed by atoms with Crippen LogP contribution in [0.3, 0.4) is 0 Å². The standard InChI is InChI=1S/C5H10N4/c1-5(2-6)9-4-7-3-8-9/h3-5H,2,6H2,1H3/t5-/m1/s1. The van der Waals surface area contributed by atoms with Gasteiger partial charge in [-0.1, -0.05) is 0 Å². The Labute approximate surface area is 53.7 Å². The van der Waals surface area contributed by atoms with Crippen LogP contribution in [-0.2, 0) is 0 Å². The average molecular weight is 126 g/mol. The summed E-state index contributed by atoms with van der Waals surface area (Å²) in [7, 11) is 0. The highest BCUT2D eigenvalue weighted by Crippen LogP contribution is 1.96. The highest BCUT2D eigenvalue weighted by molar-refractivity contribution is 4.64. The first kappa shape index (κ1) is 6.22. The Morgan fingerprint density at radius 1 is 1.78 bits per heavy atom. The molecule has 50 valence electrons. The molecule has 0 aliphatic carbocycles. The van der Waals surface area contributed by atoms with E-state index in [1.165, 1.54) is 6.33 Å². The molecule has 0 aromatic carbocycles. The molecule has 1 aromatic heterocycles. The maximum atomic E-state index is 5.37. The zero-order valence-electron chi connectivity index (χ0n) is 5.36. The summed E-state index contributed by atoms with van der Waals surface area (Å²) in [5, 5.41) is 3.91. The summed E-state index contributed by atoms with van der Waals surface area (Å²) < 4.78 is 1.74. The van der Waals surface area contributed by atoms with E-state index in [1.54, 1.807) is 11.0 Å². The Balaban J connectivity index is 2.65. The van der Waals surface area contributed by atoms with Crippen molar-refractivity contribution in [1.29, 1.82) is 0 Å². The Hall–Kier alpha value is -0.900. The van der Waals surface area contributed by atoms with Crippen molar-refractivity contribution in [1.82, 2.24) is 14.8 Å². The van der Waals surface area contributed by atoms with Crippen LogP contribution in [0.2, 0.25) is 0 Å². The van der Waals surface area contributed by atoms with Gasteiger partial charge in [0.25, 0.3) is 0 Å². The quantitative estimate of drug-likeness (QED) is 0.597. The van der Waals surface area contributed by atoms with Crippen LogP contribution in [0.4, 0.5) is 0 Å². The molecular weight excluding hydrogens is 116 g/mol. The normalized spacial score (nSPS) is 13.6. The molecule has 0 aliphatic heterocycles. The third kappa shape index (κ3) is 1.26. The van der Waals surface area contributed by atoms with Crippen molar-refractivity contribution in [2.45, 2.75) is 13.0 Å². The minimum Gasteiger partial charge on any atom is -0.328 e. The van der Waals surface area contributed by atoms with E-state index in [1.807, 2.05) is 6.92 Å². The van der Waals surface area contributed by atoms with Gasteiger partial charge in [-0.15, -0.1) is 0 Å². The van der Waals surface area contributed by atoms with E-state index in [0.29, 0.717) is 6.54 Å². The van der Waals surface area contributed by atoms with Gasteiger partial charge in [0.05, 0.1) is 6.04 Å². The van der Waals surface area contributed by atoms with Crippen LogP contribution in [-0.4, -0.2) is 21.3 Å². The SMILES string of the molecule is C[C@H](CN)n1cncn1. The van der Waals surface area contributed by atoms with Gasteiger partial charge >= 0.3 is 0 Å². The van der Waals surface area contributed by atoms with Gasteiger partial charge in [-0.25, -0.2) is 9.67 Å². The van der Waals surface area contributed by atoms with Gasteiger partial charge in [0.15, 0.2) is 0 Å². The number of hydrogen-bond donors (Lipinski definition) is 1. The second-order valence-corrected chi connectivity index (χ2v) is 1.96. The van der Waals surface area contributed by atoms with Crippen molar-refractivity contribution in [3.63, 3.8) is 0 Å². The summed E-state index contributed by atoms with van der Waals surface area (Å²) in [6.45, 7) is 2.60. The highest BCUT2D eigenvalue weighted by Gasteiger charge is 1.98. The first-order valence-corrected chi connectivity index (χ1v) is 2.88. The third-order valence-electron chi connectivity index (χ3n) is 1.23. The molecule has 0 spiro atoms. The maximum absolute atomic E-state index is 5.37. The van der Waals surface area contributed by atoms with E-state index in [2.05, 4.69) is 10.1 Å². The Kier molecular flexibility index (Phi) is 1.79. The zero-order valence-corrected chi connectivity index (χ0v) is 5.36. The Morgan fingerprint density at radius 2 is 2.56 bits per heavy atom. The molecule has 0 saturated carbocycles. The van der Waals surface area contributed by atoms with Gasteiger partial charge < -0.3 is 5.73 Å². The van der Waals surface area contributed by atoms with Gasteiger partial charge in [0.1, 0.15) is 12.7 Å². The maximum Gasteiger partial charge on any atom is 0.137 e. The lowest BCUT2D eigenvalue weighted by molar-refractivity contribution is 0.499. The van der Waals surface area contributed by atoms with Crippen molar-refractivity contribution >= 4 is 0 Å². The lowest BCUT2D eigenvalue weighted by atomic mass is 10.4. The van der Waals surface area contributed by atoms with Crippen molar-refractivity contribution in [3.8, 4) is 0 Å². The van der Waals surface area contributed by atoms with Crippen molar-refractivity contribution in [3.05, 3.63) is 12.7 Å². The van der Waals surface area contributed by atoms with Crippen LogP contribution >= 0.6 is 0 Å². The van der Waals surface area contributed by atoms with Crippen LogP contribution < -0.4 is 5.73 Å². The second-order valence-electron chi connectivity index (χ2n) is 1.96. The van der Waals surface area contributed by atoms with Crippen molar-refractivity contribution in [2.24, 2.45) is 5.73 Å². The summed E-state index contributed by atoms with van der Waals surface area (Å²) in [6, 6.07) is 0.257. The van der Waals surface area contributed by atoms with E-state index in [4.69, 9.17) is 5.73 Å². The number of hydrogen-bond acceptors (Lipinski definition) is 3. The molecule has 9 heavy (non-hydrogen) atoms. The number of nitrogens with two attached hydrogens (primary N) is 1. The second kappa shape index (κ2) is 2.59. The molecule has 0 amide bonds. The first-order chi connectivity index (χ1) is 4.34. The monoisotopic (exact) mass is 126 g/mol. The lowest BCUT2D eigenvalue weighted by Crippen LogP contribution is -2.16. The summed E-state index contributed by atoms with van der Waals surface area (Å²) in [6.07, 6.45) is 3.17. The molecular formula is C5H10N4. The fraction of sp³-hybridized carbons (Fsp3) is 0.600. The summed E-state index contributed by atoms with van der Waals surface area (Å²) in [5.41, 5.74) is 5.37. The van der Waals surface area contributed by atoms with Crippen LogP contribution in [0, 0.1) is 0 Å². The molecule has 0 saturated heterocycles. The average Bonchev–Trinajstić information content (AvgIpc) is 2.37. The number of aromatic nitrogens is 3. The molecule has 0 bridgehead atoms. The lowest BCUT2D eigenvalue weighted by Gasteiger charge is -2.05. The van der Waals surface area contributed by atoms with Gasteiger partial charge in [0, 0.05) is 6.54 Å². The molecule has 2 N–H and O–H groups in total. The molecule has 4 nitrogen and oxygen atoms in total. The predicted molar refractivity (Wildman–Crippen MR) is 33.8 cm³/mol. The molecule has 0 fully saturated rings. The summed E-state index contributed by atoms with van der Waals surface area (Å²) in [4.78, 5) is 3.79. The van der Waals surface area contributed by atoms with Crippen LogP contribution in [0.1, 0.15) is 13.0 Å². The number of nitrogens with zero attached hydrogens (tertiary/aromatic N) is 3. The van der Waals surface area contributed by atoms with E-state index < -0.39 is 0 Å². The highest BCUT2D eigenvalue weighted by atomic mass is 15.3. The van der Waals surface area contributed by atoms with Crippen LogP contribution in [0.5, 0.6) is 0 Å². The molecule has 4 heteroatoms. The largest absolute Gasteiger partial charge is 0.328 e. The minimum atomic E-state index is 0.257. The van der Waals surface area contributed by atoms with Crippen LogP contribution in [0.15, 0.2) is 12.7 Å². The number of rotatable bonds is 2. The Bertz CT molecular complexity index is 157. The molecule has 1 atom stereocenters. The van der Waals surface area contributed by atoms with E-state index in [-0.39, 0.29) is 6.04 Å². The van der Waals surface area contributed by atoms with Crippen LogP contribution in [0.25, 0.3) is 0 Å². The summed E-state index contributed by atoms with van der Waals surface area (Å²) >= 11 is 0. The molecule has 1 rings (SSSR count). The minimum absolute atomic E-state index is 0.257. The van der Waals surface area contributed by atoms with E-state index in [0.717, 1.165) is 0 Å². The fourth-order valence-electron chi connectivity index (χ4n) is 0.553. The van der Waals surface area contributed by atoms with Gasteiger partial charge in [-0.3, -0.25) is 0 Å². The molecule has 0 radical (unpaired) electrons. The van der Waals surface area contributed by atoms with Crippen molar-refractivity contribution < 1.29 is 0 Å². The molecule has 1 aromatic rings. The van der Waals surface area contributed by atoms with Gasteiger partial charge in [-0.05, 0) is 6.92 Å². The van der Waals surface area contributed by atoms with E-state index >= 15 is 0 Å². The van der Waals surface area contributed by atoms with Crippen molar-refractivity contribution in [2.75, 3.05) is 6.54 Å².